The summed E-state index contributed by atoms with van der Waals surface area (Å²) < 4.78 is 40.5. The Morgan fingerprint density at radius 1 is 1.09 bits per heavy atom. The van der Waals surface area contributed by atoms with Gasteiger partial charge in [0.2, 0.25) is 17.7 Å². The van der Waals surface area contributed by atoms with E-state index in [4.69, 9.17) is 19.4 Å². The molecule has 1 unspecified atom stereocenters. The molecule has 15 nitrogen and oxygen atoms in total. The molecule has 2 rings (SSSR count). The maximum Gasteiger partial charge on any atom is 0.264 e. The normalized spacial score (nSPS) is 13.1. The van der Waals surface area contributed by atoms with Crippen LogP contribution in [0.4, 0.5) is 5.69 Å². The highest BCUT2D eigenvalue weighted by molar-refractivity contribution is 7.85. The van der Waals surface area contributed by atoms with Crippen molar-refractivity contribution in [2.75, 3.05) is 37.4 Å². The van der Waals surface area contributed by atoms with Crippen molar-refractivity contribution in [3.05, 3.63) is 41.5 Å². The van der Waals surface area contributed by atoms with E-state index in [0.29, 0.717) is 36.1 Å². The lowest BCUT2D eigenvalue weighted by molar-refractivity contribution is -0.137. The first-order chi connectivity index (χ1) is 21.4. The Hall–Kier alpha value is -4.59. The number of benzene rings is 1. The largest absolute Gasteiger partial charge is 0.479 e. The molecule has 16 heteroatoms. The first kappa shape index (κ1) is 36.6. The quantitative estimate of drug-likeness (QED) is 0.0349. The van der Waals surface area contributed by atoms with Crippen molar-refractivity contribution >= 4 is 51.7 Å². The standard InChI is InChI=1S/C29H37N5O10S/c1-21(32-26(36)18-31-25(35)8-3-2-4-13-34-27(37)11-12-28(34)38)29(39)33-24-10-9-23(19-44-20-30)22(17-24)7-5-14-43-15-6-16-45(40,41)42/h9-12,17,20-21,30H,2-4,6,8,13-16,18-19H2,1H3,(H,31,35)(H,32,36)(H,33,39)(H,40,41,42). The van der Waals surface area contributed by atoms with E-state index >= 15 is 0 Å². The molecule has 5 amide bonds. The van der Waals surface area contributed by atoms with Gasteiger partial charge in [0.05, 0.1) is 12.3 Å². The fourth-order valence-corrected chi connectivity index (χ4v) is 4.37. The van der Waals surface area contributed by atoms with Crippen LogP contribution in [0.3, 0.4) is 0 Å². The summed E-state index contributed by atoms with van der Waals surface area (Å²) in [7, 11) is -4.06. The molecule has 1 atom stereocenters. The molecule has 0 fully saturated rings. The molecule has 5 N–H and O–H groups in total. The molecule has 0 bridgehead atoms. The van der Waals surface area contributed by atoms with Gasteiger partial charge in [-0.1, -0.05) is 24.3 Å². The predicted octanol–water partition coefficient (Wildman–Crippen LogP) is 0.501. The molecule has 0 aliphatic carbocycles. The smallest absolute Gasteiger partial charge is 0.264 e. The molecule has 1 aliphatic rings. The predicted molar refractivity (Wildman–Crippen MR) is 162 cm³/mol. The van der Waals surface area contributed by atoms with E-state index in [0.717, 1.165) is 11.3 Å². The van der Waals surface area contributed by atoms with E-state index in [9.17, 15) is 32.4 Å². The number of unbranched alkanes of at least 4 members (excludes halogenated alkanes) is 2. The Morgan fingerprint density at radius 2 is 1.82 bits per heavy atom. The summed E-state index contributed by atoms with van der Waals surface area (Å²) >= 11 is 0. The van der Waals surface area contributed by atoms with E-state index in [1.54, 1.807) is 18.2 Å². The second kappa shape index (κ2) is 18.9. The number of anilines is 1. The third-order valence-corrected chi connectivity index (χ3v) is 7.00. The highest BCUT2D eigenvalue weighted by Gasteiger charge is 2.22. The van der Waals surface area contributed by atoms with Gasteiger partial charge in [0.1, 0.15) is 19.3 Å². The van der Waals surface area contributed by atoms with Crippen LogP contribution in [0.1, 0.15) is 50.2 Å². The van der Waals surface area contributed by atoms with Crippen molar-refractivity contribution in [1.29, 1.82) is 5.41 Å². The van der Waals surface area contributed by atoms with Crippen LogP contribution in [-0.4, -0.2) is 91.9 Å². The lowest BCUT2D eigenvalue weighted by Crippen LogP contribution is -2.45. The summed E-state index contributed by atoms with van der Waals surface area (Å²) in [6.07, 6.45) is 5.17. The summed E-state index contributed by atoms with van der Waals surface area (Å²) in [5, 5.41) is 14.8. The van der Waals surface area contributed by atoms with Crippen molar-refractivity contribution in [2.45, 2.75) is 51.7 Å². The summed E-state index contributed by atoms with van der Waals surface area (Å²) in [6, 6.07) is 3.89. The molecule has 1 aromatic carbocycles. The SMILES string of the molecule is CC(NC(=O)CNC(=O)CCCCCN1C(=O)C=CC1=O)C(=O)Nc1ccc(COC=N)c(C#CCOCCCS(=O)(=O)O)c1. The van der Waals surface area contributed by atoms with Crippen molar-refractivity contribution in [3.8, 4) is 11.8 Å². The number of hydrogen-bond donors (Lipinski definition) is 5. The van der Waals surface area contributed by atoms with Gasteiger partial charge in [0.15, 0.2) is 6.40 Å². The first-order valence-corrected chi connectivity index (χ1v) is 15.7. The summed E-state index contributed by atoms with van der Waals surface area (Å²) in [6.45, 7) is 1.55. The molecular formula is C29H37N5O10S. The summed E-state index contributed by atoms with van der Waals surface area (Å²) in [5.74, 6) is 3.11. The number of rotatable bonds is 19. The van der Waals surface area contributed by atoms with Crippen molar-refractivity contribution < 1.29 is 46.4 Å². The molecule has 1 aliphatic heterocycles. The second-order valence-electron chi connectivity index (χ2n) is 9.82. The minimum Gasteiger partial charge on any atom is -0.479 e. The third-order valence-electron chi connectivity index (χ3n) is 6.19. The third kappa shape index (κ3) is 14.6. The van der Waals surface area contributed by atoms with E-state index in [-0.39, 0.29) is 63.5 Å². The molecule has 0 saturated heterocycles. The zero-order chi connectivity index (χ0) is 33.2. The van der Waals surface area contributed by atoms with Crippen LogP contribution in [0.15, 0.2) is 30.4 Å². The van der Waals surface area contributed by atoms with Crippen LogP contribution in [-0.2, 0) is 50.2 Å². The monoisotopic (exact) mass is 647 g/mol. The number of hydrogen-bond acceptors (Lipinski definition) is 10. The summed E-state index contributed by atoms with van der Waals surface area (Å²) in [5.41, 5.74) is 1.48. The minimum absolute atomic E-state index is 0.0203. The fraction of sp³-hybridized carbons (Fsp3) is 0.448. The molecule has 1 aromatic rings. The van der Waals surface area contributed by atoms with Gasteiger partial charge in [0, 0.05) is 48.5 Å². The fourth-order valence-electron chi connectivity index (χ4n) is 3.89. The number of amides is 5. The second-order valence-corrected chi connectivity index (χ2v) is 11.4. The molecule has 1 heterocycles. The molecule has 45 heavy (non-hydrogen) atoms. The lowest BCUT2D eigenvalue weighted by Gasteiger charge is -2.15. The molecular weight excluding hydrogens is 610 g/mol. The first-order valence-electron chi connectivity index (χ1n) is 14.1. The summed E-state index contributed by atoms with van der Waals surface area (Å²) in [4.78, 5) is 61.2. The van der Waals surface area contributed by atoms with Gasteiger partial charge < -0.3 is 25.4 Å². The highest BCUT2D eigenvalue weighted by Crippen LogP contribution is 2.17. The van der Waals surface area contributed by atoms with Crippen LogP contribution in [0.5, 0.6) is 0 Å². The molecule has 0 spiro atoms. The number of carbonyl (C=O) groups is 5. The molecule has 0 radical (unpaired) electrons. The molecule has 0 saturated carbocycles. The van der Waals surface area contributed by atoms with E-state index < -0.39 is 33.7 Å². The zero-order valence-corrected chi connectivity index (χ0v) is 25.6. The Labute approximate surface area is 261 Å². The average Bonchev–Trinajstić information content (AvgIpc) is 3.30. The van der Waals surface area contributed by atoms with Gasteiger partial charge in [-0.3, -0.25) is 38.8 Å². The highest BCUT2D eigenvalue weighted by atomic mass is 32.2. The van der Waals surface area contributed by atoms with Gasteiger partial charge in [-0.25, -0.2) is 0 Å². The van der Waals surface area contributed by atoms with Gasteiger partial charge in [-0.05, 0) is 38.3 Å². The van der Waals surface area contributed by atoms with Crippen molar-refractivity contribution in [2.24, 2.45) is 0 Å². The van der Waals surface area contributed by atoms with Crippen LogP contribution >= 0.6 is 0 Å². The van der Waals surface area contributed by atoms with Crippen LogP contribution < -0.4 is 16.0 Å². The average molecular weight is 648 g/mol. The Bertz CT molecular complexity index is 1430. The van der Waals surface area contributed by atoms with Gasteiger partial charge >= 0.3 is 0 Å². The van der Waals surface area contributed by atoms with Gasteiger partial charge in [-0.2, -0.15) is 8.42 Å². The maximum absolute atomic E-state index is 12.7. The van der Waals surface area contributed by atoms with Crippen LogP contribution in [0, 0.1) is 17.3 Å². The number of imide groups is 1. The maximum atomic E-state index is 12.7. The minimum atomic E-state index is -4.06. The van der Waals surface area contributed by atoms with E-state index in [1.165, 1.54) is 19.1 Å². The van der Waals surface area contributed by atoms with E-state index in [1.807, 2.05) is 0 Å². The Morgan fingerprint density at radius 3 is 2.51 bits per heavy atom. The van der Waals surface area contributed by atoms with E-state index in [2.05, 4.69) is 27.8 Å². The van der Waals surface area contributed by atoms with Gasteiger partial charge in [-0.15, -0.1) is 0 Å². The van der Waals surface area contributed by atoms with Gasteiger partial charge in [0.25, 0.3) is 21.9 Å². The lowest BCUT2D eigenvalue weighted by atomic mass is 10.1. The molecule has 0 aromatic heterocycles. The zero-order valence-electron chi connectivity index (χ0n) is 24.8. The Kier molecular flexibility index (Phi) is 15.4. The topological polar surface area (TPSA) is 221 Å². The number of nitrogens with zero attached hydrogens (tertiary/aromatic N) is 1. The number of ether oxygens (including phenoxy) is 2. The Balaban J connectivity index is 1.76. The number of carbonyl (C=O) groups excluding carboxylic acids is 5. The van der Waals surface area contributed by atoms with Crippen molar-refractivity contribution in [1.82, 2.24) is 15.5 Å². The van der Waals surface area contributed by atoms with Crippen LogP contribution in [0.2, 0.25) is 0 Å². The van der Waals surface area contributed by atoms with Crippen LogP contribution in [0.25, 0.3) is 0 Å². The van der Waals surface area contributed by atoms with Crippen molar-refractivity contribution in [3.63, 3.8) is 0 Å². The molecule has 244 valence electrons. The number of nitrogens with one attached hydrogen (secondary N) is 4.